The van der Waals surface area contributed by atoms with Crippen molar-refractivity contribution in [2.45, 2.75) is 0 Å². The summed E-state index contributed by atoms with van der Waals surface area (Å²) in [4.78, 5) is 12.4. The molecular weight excluding hydrogens is 392 g/mol. The summed E-state index contributed by atoms with van der Waals surface area (Å²) in [6, 6.07) is 23.3. The van der Waals surface area contributed by atoms with E-state index in [4.69, 9.17) is 9.47 Å². The van der Waals surface area contributed by atoms with Crippen LogP contribution in [0.2, 0.25) is 0 Å². The average Bonchev–Trinajstić information content (AvgIpc) is 2.83. The number of methoxy groups -OCH3 is 1. The fraction of sp³-hybridized carbons (Fsp3) is 0.0833. The van der Waals surface area contributed by atoms with E-state index in [9.17, 15) is 4.79 Å². The largest absolute Gasteiger partial charge is 0.493 e. The molecule has 0 spiro atoms. The zero-order chi connectivity index (χ0) is 21.9. The van der Waals surface area contributed by atoms with Gasteiger partial charge in [0.1, 0.15) is 6.61 Å². The minimum atomic E-state index is -0.356. The Kier molecular flexibility index (Phi) is 7.65. The molecule has 0 aliphatic rings. The standard InChI is InChI=1S/C24H22N4O3/c1-3-16-31-21-15-14-19(17-22(21)30-2)23(26-25-20-12-8-5-9-13-20)27-28-24(29)18-10-6-4-7-11-18/h3-15,17H,1,16H2,2H3,(H,28,29)/b26-25?,27-23-. The quantitative estimate of drug-likeness (QED) is 0.182. The molecule has 1 N–H and O–H groups in total. The Morgan fingerprint density at radius 2 is 1.68 bits per heavy atom. The van der Waals surface area contributed by atoms with Crippen LogP contribution in [0.1, 0.15) is 15.9 Å². The number of hydrogen-bond donors (Lipinski definition) is 1. The van der Waals surface area contributed by atoms with E-state index in [2.05, 4.69) is 27.3 Å². The fourth-order valence-electron chi connectivity index (χ4n) is 2.58. The van der Waals surface area contributed by atoms with Crippen LogP contribution in [0.25, 0.3) is 0 Å². The molecule has 0 saturated carbocycles. The van der Waals surface area contributed by atoms with Crippen LogP contribution in [0.3, 0.4) is 0 Å². The fourth-order valence-corrected chi connectivity index (χ4v) is 2.58. The van der Waals surface area contributed by atoms with E-state index in [0.717, 1.165) is 0 Å². The molecule has 0 aliphatic carbocycles. The minimum absolute atomic E-state index is 0.210. The zero-order valence-corrected chi connectivity index (χ0v) is 17.1. The van der Waals surface area contributed by atoms with Gasteiger partial charge >= 0.3 is 0 Å². The first-order valence-electron chi connectivity index (χ1n) is 9.53. The van der Waals surface area contributed by atoms with Gasteiger partial charge in [-0.15, -0.1) is 15.3 Å². The molecular formula is C24H22N4O3. The highest BCUT2D eigenvalue weighted by atomic mass is 16.5. The first-order chi connectivity index (χ1) is 15.2. The van der Waals surface area contributed by atoms with Crippen LogP contribution >= 0.6 is 0 Å². The van der Waals surface area contributed by atoms with Gasteiger partial charge < -0.3 is 9.47 Å². The molecule has 0 unspecified atom stereocenters. The van der Waals surface area contributed by atoms with E-state index in [1.54, 1.807) is 55.7 Å². The van der Waals surface area contributed by atoms with E-state index < -0.39 is 0 Å². The van der Waals surface area contributed by atoms with E-state index in [0.29, 0.717) is 34.9 Å². The van der Waals surface area contributed by atoms with E-state index in [1.165, 1.54) is 0 Å². The number of rotatable bonds is 8. The van der Waals surface area contributed by atoms with Gasteiger partial charge in [-0.25, -0.2) is 5.43 Å². The molecule has 3 aromatic carbocycles. The number of nitrogens with one attached hydrogen (secondary N) is 1. The third-order valence-electron chi connectivity index (χ3n) is 4.09. The van der Waals surface area contributed by atoms with Gasteiger partial charge in [0.25, 0.3) is 5.91 Å². The molecule has 156 valence electrons. The summed E-state index contributed by atoms with van der Waals surface area (Å²) in [5, 5.41) is 12.7. The lowest BCUT2D eigenvalue weighted by molar-refractivity contribution is 0.0955. The van der Waals surface area contributed by atoms with Gasteiger partial charge in [-0.3, -0.25) is 4.79 Å². The number of nitrogens with zero attached hydrogens (tertiary/aromatic N) is 3. The Morgan fingerprint density at radius 3 is 2.35 bits per heavy atom. The number of carbonyl (C=O) groups is 1. The van der Waals surface area contributed by atoms with Gasteiger partial charge in [0.2, 0.25) is 5.84 Å². The van der Waals surface area contributed by atoms with Gasteiger partial charge in [-0.1, -0.05) is 49.1 Å². The summed E-state index contributed by atoms with van der Waals surface area (Å²) in [7, 11) is 1.54. The van der Waals surface area contributed by atoms with Crippen LogP contribution in [0.15, 0.2) is 107 Å². The smallest absolute Gasteiger partial charge is 0.271 e. The Bertz CT molecular complexity index is 1080. The van der Waals surface area contributed by atoms with Gasteiger partial charge in [0, 0.05) is 11.1 Å². The lowest BCUT2D eigenvalue weighted by atomic mass is 10.2. The van der Waals surface area contributed by atoms with E-state index >= 15 is 0 Å². The molecule has 1 amide bonds. The third kappa shape index (κ3) is 6.11. The molecule has 0 radical (unpaired) electrons. The second-order valence-corrected chi connectivity index (χ2v) is 6.24. The molecule has 7 heteroatoms. The highest BCUT2D eigenvalue weighted by molar-refractivity contribution is 6.01. The zero-order valence-electron chi connectivity index (χ0n) is 17.1. The van der Waals surface area contributed by atoms with Crippen molar-refractivity contribution >= 4 is 17.4 Å². The van der Waals surface area contributed by atoms with Crippen molar-refractivity contribution in [1.29, 1.82) is 0 Å². The Labute approximate surface area is 180 Å². The number of hydrazone groups is 1. The minimum Gasteiger partial charge on any atom is -0.493 e. The van der Waals surface area contributed by atoms with Crippen LogP contribution in [0.5, 0.6) is 11.5 Å². The summed E-state index contributed by atoms with van der Waals surface area (Å²) in [6.07, 6.45) is 1.65. The number of carbonyl (C=O) groups excluding carboxylic acids is 1. The number of benzene rings is 3. The summed E-state index contributed by atoms with van der Waals surface area (Å²) >= 11 is 0. The second-order valence-electron chi connectivity index (χ2n) is 6.24. The molecule has 0 heterocycles. The second kappa shape index (κ2) is 11.1. The Balaban J connectivity index is 1.92. The molecule has 0 fully saturated rings. The molecule has 3 rings (SSSR count). The monoisotopic (exact) mass is 414 g/mol. The lowest BCUT2D eigenvalue weighted by Crippen LogP contribution is -2.19. The van der Waals surface area contributed by atoms with Crippen LogP contribution in [0.4, 0.5) is 5.69 Å². The van der Waals surface area contributed by atoms with Crippen molar-refractivity contribution in [2.24, 2.45) is 15.3 Å². The van der Waals surface area contributed by atoms with Crippen molar-refractivity contribution in [2.75, 3.05) is 13.7 Å². The van der Waals surface area contributed by atoms with Gasteiger partial charge in [-0.2, -0.15) is 0 Å². The lowest BCUT2D eigenvalue weighted by Gasteiger charge is -2.11. The molecule has 3 aromatic rings. The van der Waals surface area contributed by atoms with E-state index in [-0.39, 0.29) is 11.7 Å². The van der Waals surface area contributed by atoms with Crippen molar-refractivity contribution < 1.29 is 14.3 Å². The summed E-state index contributed by atoms with van der Waals surface area (Å²) < 4.78 is 11.0. The molecule has 0 saturated heterocycles. The van der Waals surface area contributed by atoms with Crippen LogP contribution in [0, 0.1) is 0 Å². The maximum Gasteiger partial charge on any atom is 0.271 e. The predicted molar refractivity (Wildman–Crippen MR) is 120 cm³/mol. The molecule has 7 nitrogen and oxygen atoms in total. The summed E-state index contributed by atoms with van der Waals surface area (Å²) in [6.45, 7) is 3.99. The maximum atomic E-state index is 12.4. The topological polar surface area (TPSA) is 84.6 Å². The molecule has 31 heavy (non-hydrogen) atoms. The molecule has 0 aromatic heterocycles. The van der Waals surface area contributed by atoms with E-state index in [1.807, 2.05) is 36.4 Å². The number of azo groups is 1. The maximum absolute atomic E-state index is 12.4. The average molecular weight is 414 g/mol. The number of ether oxygens (including phenoxy) is 2. The van der Waals surface area contributed by atoms with Crippen molar-refractivity contribution in [3.63, 3.8) is 0 Å². The summed E-state index contributed by atoms with van der Waals surface area (Å²) in [5.41, 5.74) is 4.26. The highest BCUT2D eigenvalue weighted by Gasteiger charge is 2.11. The predicted octanol–water partition coefficient (Wildman–Crippen LogP) is 5.14. The van der Waals surface area contributed by atoms with Crippen molar-refractivity contribution in [1.82, 2.24) is 5.43 Å². The molecule has 0 bridgehead atoms. The summed E-state index contributed by atoms with van der Waals surface area (Å²) in [5.74, 6) is 0.905. The normalized spacial score (nSPS) is 11.2. The van der Waals surface area contributed by atoms with Gasteiger partial charge in [-0.05, 0) is 42.5 Å². The third-order valence-corrected chi connectivity index (χ3v) is 4.09. The molecule has 0 atom stereocenters. The number of amidine groups is 1. The van der Waals surface area contributed by atoms with Gasteiger partial charge in [0.15, 0.2) is 11.5 Å². The van der Waals surface area contributed by atoms with Crippen molar-refractivity contribution in [3.05, 3.63) is 103 Å². The Hall–Kier alpha value is -4.26. The van der Waals surface area contributed by atoms with Crippen molar-refractivity contribution in [3.8, 4) is 11.5 Å². The number of amides is 1. The van der Waals surface area contributed by atoms with Crippen LogP contribution in [-0.2, 0) is 0 Å². The molecule has 0 aliphatic heterocycles. The Morgan fingerprint density at radius 1 is 0.968 bits per heavy atom. The highest BCUT2D eigenvalue weighted by Crippen LogP contribution is 2.28. The van der Waals surface area contributed by atoms with Crippen LogP contribution in [-0.4, -0.2) is 25.5 Å². The SMILES string of the molecule is C=CCOc1ccc(/C(N=Nc2ccccc2)=N/NC(=O)c2ccccc2)cc1OC. The van der Waals surface area contributed by atoms with Gasteiger partial charge in [0.05, 0.1) is 12.8 Å². The van der Waals surface area contributed by atoms with Crippen LogP contribution < -0.4 is 14.9 Å². The first-order valence-corrected chi connectivity index (χ1v) is 9.53. The first kappa shape index (κ1) is 21.4. The number of hydrogen-bond acceptors (Lipinski definition) is 5.